The predicted octanol–water partition coefficient (Wildman–Crippen LogP) is 2.61. The molecule has 0 unspecified atom stereocenters. The minimum Gasteiger partial charge on any atom is -0.443 e. The van der Waals surface area contributed by atoms with Crippen LogP contribution in [-0.2, 0) is 6.54 Å². The molecule has 4 heteroatoms. The molecule has 0 spiro atoms. The van der Waals surface area contributed by atoms with Gasteiger partial charge in [0.05, 0.1) is 11.5 Å². The van der Waals surface area contributed by atoms with Crippen LogP contribution in [0.15, 0.2) is 29.0 Å². The van der Waals surface area contributed by atoms with Crippen molar-refractivity contribution in [3.05, 3.63) is 30.2 Å². The van der Waals surface area contributed by atoms with Crippen molar-refractivity contribution in [1.29, 1.82) is 5.26 Å². The maximum absolute atomic E-state index is 9.13. The van der Waals surface area contributed by atoms with Crippen LogP contribution in [0, 0.1) is 16.7 Å². The highest BCUT2D eigenvalue weighted by atomic mass is 16.3. The highest BCUT2D eigenvalue weighted by Crippen LogP contribution is 2.39. The van der Waals surface area contributed by atoms with E-state index in [0.29, 0.717) is 0 Å². The van der Waals surface area contributed by atoms with E-state index in [1.807, 2.05) is 18.2 Å². The van der Waals surface area contributed by atoms with Crippen molar-refractivity contribution in [3.63, 3.8) is 0 Å². The summed E-state index contributed by atoms with van der Waals surface area (Å²) in [4.78, 5) is 4.08. The van der Waals surface area contributed by atoms with Gasteiger partial charge in [0.25, 0.3) is 0 Å². The molecule has 0 radical (unpaired) electrons. The molecule has 0 bridgehead atoms. The summed E-state index contributed by atoms with van der Waals surface area (Å²) in [5, 5.41) is 12.5. The molecule has 3 rings (SSSR count). The molecule has 1 N–H and O–H groups in total. The van der Waals surface area contributed by atoms with E-state index < -0.39 is 0 Å². The molecule has 0 atom stereocenters. The van der Waals surface area contributed by atoms with Crippen molar-refractivity contribution >= 4 is 11.1 Å². The first-order valence-corrected chi connectivity index (χ1v) is 6.25. The van der Waals surface area contributed by atoms with Crippen molar-refractivity contribution in [2.24, 2.45) is 5.41 Å². The number of rotatable bonds is 4. The Kier molecular flexibility index (Phi) is 2.77. The number of nitrogens with one attached hydrogen (secondary N) is 1. The fourth-order valence-corrected chi connectivity index (χ4v) is 2.39. The van der Waals surface area contributed by atoms with Gasteiger partial charge in [0.2, 0.25) is 0 Å². The Labute approximate surface area is 106 Å². The van der Waals surface area contributed by atoms with Gasteiger partial charge in [0, 0.05) is 13.1 Å². The molecule has 1 aliphatic carbocycles. The zero-order valence-electron chi connectivity index (χ0n) is 10.1. The number of fused-ring (bicyclic) bond motifs is 1. The van der Waals surface area contributed by atoms with Gasteiger partial charge in [-0.2, -0.15) is 5.26 Å². The normalized spacial score (nSPS) is 17.3. The number of hydrogen-bond donors (Lipinski definition) is 1. The SMILES string of the molecule is N#CC1(CNCc2ccc3ncoc3c2)CCC1. The molecule has 18 heavy (non-hydrogen) atoms. The van der Waals surface area contributed by atoms with Crippen molar-refractivity contribution < 1.29 is 4.42 Å². The van der Waals surface area contributed by atoms with Gasteiger partial charge < -0.3 is 9.73 Å². The van der Waals surface area contributed by atoms with Gasteiger partial charge in [-0.1, -0.05) is 12.5 Å². The average Bonchev–Trinajstić information content (AvgIpc) is 2.80. The third-order valence-electron chi connectivity index (χ3n) is 3.74. The van der Waals surface area contributed by atoms with Crippen LogP contribution in [0.5, 0.6) is 0 Å². The van der Waals surface area contributed by atoms with Crippen molar-refractivity contribution in [1.82, 2.24) is 10.3 Å². The van der Waals surface area contributed by atoms with Gasteiger partial charge in [0.1, 0.15) is 5.52 Å². The number of oxazole rings is 1. The number of hydrogen-bond acceptors (Lipinski definition) is 4. The number of nitriles is 1. The van der Waals surface area contributed by atoms with E-state index in [0.717, 1.165) is 42.6 Å². The molecule has 1 aliphatic rings. The lowest BCUT2D eigenvalue weighted by Gasteiger charge is -2.35. The second-order valence-electron chi connectivity index (χ2n) is 5.00. The Bertz CT molecular complexity index is 592. The minimum atomic E-state index is -0.115. The Hall–Kier alpha value is -1.86. The molecule has 0 aliphatic heterocycles. The third kappa shape index (κ3) is 1.98. The highest BCUT2D eigenvalue weighted by Gasteiger charge is 2.36. The van der Waals surface area contributed by atoms with Crippen LogP contribution in [0.4, 0.5) is 0 Å². The van der Waals surface area contributed by atoms with E-state index in [4.69, 9.17) is 9.68 Å². The summed E-state index contributed by atoms with van der Waals surface area (Å²) in [5.74, 6) is 0. The molecule has 1 heterocycles. The molecule has 92 valence electrons. The van der Waals surface area contributed by atoms with E-state index in [-0.39, 0.29) is 5.41 Å². The molecule has 2 aromatic rings. The molecule has 1 fully saturated rings. The Morgan fingerprint density at radius 1 is 1.44 bits per heavy atom. The van der Waals surface area contributed by atoms with Crippen molar-refractivity contribution in [2.45, 2.75) is 25.8 Å². The molecule has 0 saturated heterocycles. The molecule has 4 nitrogen and oxygen atoms in total. The first-order valence-electron chi connectivity index (χ1n) is 6.25. The lowest BCUT2D eigenvalue weighted by molar-refractivity contribution is 0.206. The van der Waals surface area contributed by atoms with E-state index in [1.165, 1.54) is 12.8 Å². The summed E-state index contributed by atoms with van der Waals surface area (Å²) < 4.78 is 5.27. The molecular formula is C14H15N3O. The average molecular weight is 241 g/mol. The van der Waals surface area contributed by atoms with Crippen molar-refractivity contribution in [2.75, 3.05) is 6.54 Å². The van der Waals surface area contributed by atoms with Crippen LogP contribution in [0.2, 0.25) is 0 Å². The van der Waals surface area contributed by atoms with Crippen LogP contribution >= 0.6 is 0 Å². The van der Waals surface area contributed by atoms with Gasteiger partial charge in [-0.3, -0.25) is 0 Å². The first kappa shape index (κ1) is 11.2. The number of aromatic nitrogens is 1. The van der Waals surface area contributed by atoms with Crippen LogP contribution in [0.3, 0.4) is 0 Å². The topological polar surface area (TPSA) is 61.9 Å². The third-order valence-corrected chi connectivity index (χ3v) is 3.74. The largest absolute Gasteiger partial charge is 0.443 e. The van der Waals surface area contributed by atoms with Gasteiger partial charge in [-0.15, -0.1) is 0 Å². The van der Waals surface area contributed by atoms with Crippen molar-refractivity contribution in [3.8, 4) is 6.07 Å². The predicted molar refractivity (Wildman–Crippen MR) is 67.6 cm³/mol. The van der Waals surface area contributed by atoms with Gasteiger partial charge in [-0.25, -0.2) is 4.98 Å². The summed E-state index contributed by atoms with van der Waals surface area (Å²) in [5.41, 5.74) is 2.74. The van der Waals surface area contributed by atoms with E-state index in [1.54, 1.807) is 0 Å². The summed E-state index contributed by atoms with van der Waals surface area (Å²) in [6.45, 7) is 1.54. The maximum atomic E-state index is 9.13. The van der Waals surface area contributed by atoms with Crippen LogP contribution in [0.1, 0.15) is 24.8 Å². The van der Waals surface area contributed by atoms with Gasteiger partial charge >= 0.3 is 0 Å². The Balaban J connectivity index is 1.61. The summed E-state index contributed by atoms with van der Waals surface area (Å²) >= 11 is 0. The fraction of sp³-hybridized carbons (Fsp3) is 0.429. The summed E-state index contributed by atoms with van der Waals surface area (Å²) in [7, 11) is 0. The second-order valence-corrected chi connectivity index (χ2v) is 5.00. The lowest BCUT2D eigenvalue weighted by Crippen LogP contribution is -2.38. The quantitative estimate of drug-likeness (QED) is 0.893. The molecule has 0 amide bonds. The van der Waals surface area contributed by atoms with E-state index >= 15 is 0 Å². The van der Waals surface area contributed by atoms with Crippen LogP contribution < -0.4 is 5.32 Å². The second kappa shape index (κ2) is 4.43. The molecule has 1 saturated carbocycles. The monoisotopic (exact) mass is 241 g/mol. The van der Waals surface area contributed by atoms with Crippen LogP contribution in [0.25, 0.3) is 11.1 Å². The first-order chi connectivity index (χ1) is 8.81. The van der Waals surface area contributed by atoms with Gasteiger partial charge in [0.15, 0.2) is 12.0 Å². The number of benzene rings is 1. The zero-order valence-corrected chi connectivity index (χ0v) is 10.1. The maximum Gasteiger partial charge on any atom is 0.181 e. The smallest absolute Gasteiger partial charge is 0.181 e. The fourth-order valence-electron chi connectivity index (χ4n) is 2.39. The highest BCUT2D eigenvalue weighted by molar-refractivity contribution is 5.72. The molecule has 1 aromatic heterocycles. The standard InChI is InChI=1S/C14H15N3O/c15-8-14(4-1-5-14)9-16-7-11-2-3-12-13(6-11)18-10-17-12/h2-3,6,10,16H,1,4-5,7,9H2. The molecule has 1 aromatic carbocycles. The Morgan fingerprint density at radius 2 is 2.33 bits per heavy atom. The van der Waals surface area contributed by atoms with Gasteiger partial charge in [-0.05, 0) is 30.5 Å². The molecular weight excluding hydrogens is 226 g/mol. The number of nitrogens with zero attached hydrogens (tertiary/aromatic N) is 2. The van der Waals surface area contributed by atoms with E-state index in [9.17, 15) is 0 Å². The Morgan fingerprint density at radius 3 is 3.06 bits per heavy atom. The summed E-state index contributed by atoms with van der Waals surface area (Å²) in [6, 6.07) is 8.43. The van der Waals surface area contributed by atoms with E-state index in [2.05, 4.69) is 16.4 Å². The lowest BCUT2D eigenvalue weighted by atomic mass is 9.70. The minimum absolute atomic E-state index is 0.115. The van der Waals surface area contributed by atoms with Crippen LogP contribution in [-0.4, -0.2) is 11.5 Å². The zero-order chi connectivity index (χ0) is 12.4. The summed E-state index contributed by atoms with van der Waals surface area (Å²) in [6.07, 6.45) is 4.69.